The van der Waals surface area contributed by atoms with Crippen LogP contribution in [0.2, 0.25) is 0 Å². The molecule has 0 radical (unpaired) electrons. The van der Waals surface area contributed by atoms with Crippen molar-refractivity contribution in [1.29, 1.82) is 0 Å². The van der Waals surface area contributed by atoms with Gasteiger partial charge in [0.1, 0.15) is 29.5 Å². The molecule has 12 heteroatoms. The van der Waals surface area contributed by atoms with Crippen LogP contribution in [0.3, 0.4) is 0 Å². The van der Waals surface area contributed by atoms with Crippen LogP contribution in [0.15, 0.2) is 42.6 Å². The van der Waals surface area contributed by atoms with E-state index >= 15 is 0 Å². The zero-order valence-electron chi connectivity index (χ0n) is 33.5. The van der Waals surface area contributed by atoms with Crippen molar-refractivity contribution in [3.05, 3.63) is 48.2 Å². The summed E-state index contributed by atoms with van der Waals surface area (Å²) >= 11 is 0. The number of aliphatic hydroxyl groups is 1. The third-order valence-electron chi connectivity index (χ3n) is 11.3. The number of hydrogen-bond acceptors (Lipinski definition) is 12. The number of rotatable bonds is 10. The largest absolute Gasteiger partial charge is 0.458 e. The van der Waals surface area contributed by atoms with Gasteiger partial charge in [-0.25, -0.2) is 0 Å². The number of nitrogens with zero attached hydrogens (tertiary/aromatic N) is 2. The lowest BCUT2D eigenvalue weighted by Crippen LogP contribution is -2.59. The molecule has 2 aliphatic heterocycles. The van der Waals surface area contributed by atoms with Gasteiger partial charge in [0.05, 0.1) is 29.9 Å². The summed E-state index contributed by atoms with van der Waals surface area (Å²) in [5.74, 6) is -4.81. The molecule has 0 saturated carbocycles. The molecule has 1 aromatic carbocycles. The fraction of sp³-hybridized carbons (Fsp3) is 0.643. The van der Waals surface area contributed by atoms with Crippen LogP contribution in [-0.4, -0.2) is 108 Å². The van der Waals surface area contributed by atoms with Gasteiger partial charge in [0.2, 0.25) is 0 Å². The number of aliphatic hydroxyl groups excluding tert-OH is 1. The summed E-state index contributed by atoms with van der Waals surface area (Å²) in [5, 5.41) is 12.5. The molecule has 298 valence electrons. The van der Waals surface area contributed by atoms with E-state index in [1.165, 1.54) is 6.92 Å². The van der Waals surface area contributed by atoms with Crippen LogP contribution in [0.4, 0.5) is 0 Å². The van der Waals surface area contributed by atoms with E-state index in [1.807, 2.05) is 68.4 Å². The Labute approximate surface area is 319 Å². The van der Waals surface area contributed by atoms with Gasteiger partial charge in [-0.1, -0.05) is 58.0 Å². The minimum absolute atomic E-state index is 0.0758. The molecule has 4 rings (SSSR count). The Morgan fingerprint density at radius 2 is 1.67 bits per heavy atom. The van der Waals surface area contributed by atoms with Gasteiger partial charge in [-0.05, 0) is 78.7 Å². The fourth-order valence-electron chi connectivity index (χ4n) is 8.26. The second-order valence-corrected chi connectivity index (χ2v) is 16.0. The molecule has 0 aliphatic carbocycles. The molecule has 12 atom stereocenters. The first-order valence-corrected chi connectivity index (χ1v) is 19.1. The number of fused-ring (bicyclic) bond motifs is 1. The van der Waals surface area contributed by atoms with Crippen molar-refractivity contribution in [3.63, 3.8) is 0 Å². The SMILES string of the molecule is CCC1OC(=O)[C@H](C)C(=O)C(C)[C@@H](OC2O[C@H](C)CC(N(C)C)[C@H]2O)[C@@](C)(OC/C=C/c2cnc3ccccc3c2)CC(C)C(=O)[C@H](C)C[C@]1(C)OC=O. The van der Waals surface area contributed by atoms with Crippen molar-refractivity contribution in [2.24, 2.45) is 23.7 Å². The highest BCUT2D eigenvalue weighted by atomic mass is 16.7. The van der Waals surface area contributed by atoms with Crippen LogP contribution in [0.5, 0.6) is 0 Å². The summed E-state index contributed by atoms with van der Waals surface area (Å²) in [4.78, 5) is 60.4. The molecular formula is C42H60N2O10. The number of esters is 1. The number of carbonyl (C=O) groups is 4. The Morgan fingerprint density at radius 1 is 1.00 bits per heavy atom. The Bertz CT molecular complexity index is 1650. The average molecular weight is 753 g/mol. The number of carbonyl (C=O) groups excluding carboxylic acids is 4. The van der Waals surface area contributed by atoms with E-state index in [4.69, 9.17) is 23.7 Å². The summed E-state index contributed by atoms with van der Waals surface area (Å²) in [6, 6.07) is 9.55. The predicted molar refractivity (Wildman–Crippen MR) is 204 cm³/mol. The number of cyclic esters (lactones) is 1. The quantitative estimate of drug-likeness (QED) is 0.184. The Morgan fingerprint density at radius 3 is 2.31 bits per heavy atom. The van der Waals surface area contributed by atoms with E-state index in [-0.39, 0.29) is 43.8 Å². The van der Waals surface area contributed by atoms with Crippen molar-refractivity contribution in [2.45, 2.75) is 129 Å². The van der Waals surface area contributed by atoms with Gasteiger partial charge in [0.15, 0.2) is 12.1 Å². The number of pyridine rings is 1. The van der Waals surface area contributed by atoms with Crippen LogP contribution in [0.1, 0.15) is 86.6 Å². The van der Waals surface area contributed by atoms with Gasteiger partial charge < -0.3 is 33.7 Å². The van der Waals surface area contributed by atoms with E-state index in [0.29, 0.717) is 12.9 Å². The van der Waals surface area contributed by atoms with E-state index in [1.54, 1.807) is 47.7 Å². The third-order valence-corrected chi connectivity index (χ3v) is 11.3. The van der Waals surface area contributed by atoms with Crippen molar-refractivity contribution in [3.8, 4) is 0 Å². The maximum atomic E-state index is 14.4. The zero-order chi connectivity index (χ0) is 40.0. The maximum absolute atomic E-state index is 14.4. The predicted octanol–water partition coefficient (Wildman–Crippen LogP) is 5.56. The van der Waals surface area contributed by atoms with Gasteiger partial charge in [-0.15, -0.1) is 0 Å². The second-order valence-electron chi connectivity index (χ2n) is 16.0. The van der Waals surface area contributed by atoms with Gasteiger partial charge in [-0.2, -0.15) is 0 Å². The average Bonchev–Trinajstić information content (AvgIpc) is 3.13. The number of ketones is 2. The highest BCUT2D eigenvalue weighted by Gasteiger charge is 2.51. The summed E-state index contributed by atoms with van der Waals surface area (Å²) in [5.41, 5.74) is -0.899. The smallest absolute Gasteiger partial charge is 0.316 e. The van der Waals surface area contributed by atoms with E-state index in [2.05, 4.69) is 4.98 Å². The Balaban J connectivity index is 1.77. The highest BCUT2D eigenvalue weighted by molar-refractivity contribution is 6.00. The first kappa shape index (κ1) is 43.2. The normalized spacial score (nSPS) is 36.3. The van der Waals surface area contributed by atoms with Gasteiger partial charge in [-0.3, -0.25) is 24.2 Å². The molecule has 0 spiro atoms. The highest BCUT2D eigenvalue weighted by Crippen LogP contribution is 2.39. The molecule has 2 aromatic rings. The number of ether oxygens (including phenoxy) is 5. The minimum Gasteiger partial charge on any atom is -0.458 e. The zero-order valence-corrected chi connectivity index (χ0v) is 33.5. The lowest BCUT2D eigenvalue weighted by atomic mass is 9.75. The molecule has 2 fully saturated rings. The molecular weight excluding hydrogens is 692 g/mol. The van der Waals surface area contributed by atoms with Crippen LogP contribution in [0.25, 0.3) is 17.0 Å². The molecule has 0 amide bonds. The van der Waals surface area contributed by atoms with E-state index in [0.717, 1.165) is 16.5 Å². The second kappa shape index (κ2) is 18.4. The van der Waals surface area contributed by atoms with Crippen molar-refractivity contribution in [1.82, 2.24) is 9.88 Å². The van der Waals surface area contributed by atoms with Gasteiger partial charge in [0, 0.05) is 41.8 Å². The van der Waals surface area contributed by atoms with Crippen molar-refractivity contribution < 1.29 is 48.0 Å². The fourth-order valence-corrected chi connectivity index (χ4v) is 8.26. The Kier molecular flexibility index (Phi) is 14.7. The van der Waals surface area contributed by atoms with Crippen LogP contribution >= 0.6 is 0 Å². The standard InChI is InChI=1S/C42H60N2O10/c1-11-34-41(7,51-24-45)21-25(2)35(46)26(3)22-42(8,50-18-14-15-30-20-31-16-12-13-17-32(31)43-23-30)38(28(5)36(47)29(6)39(49)53-34)54-40-37(48)33(44(9)10)19-27(4)52-40/h12-17,20,23-29,33-34,37-38,40,48H,11,18-19,21-22H2,1-10H3/b15-14+/t25-,26?,27-,28?,29-,33?,34?,37-,38-,40?,41+,42+/m1/s1. The van der Waals surface area contributed by atoms with Crippen molar-refractivity contribution >= 4 is 41.0 Å². The molecule has 2 saturated heterocycles. The van der Waals surface area contributed by atoms with Crippen LogP contribution < -0.4 is 0 Å². The Hall–Kier alpha value is -3.55. The number of hydrogen-bond donors (Lipinski definition) is 1. The topological polar surface area (TPSA) is 151 Å². The molecule has 12 nitrogen and oxygen atoms in total. The summed E-state index contributed by atoms with van der Waals surface area (Å²) in [7, 11) is 3.75. The van der Waals surface area contributed by atoms with Crippen LogP contribution in [-0.2, 0) is 42.9 Å². The molecule has 1 aromatic heterocycles. The summed E-state index contributed by atoms with van der Waals surface area (Å²) in [6.07, 6.45) is 2.09. The van der Waals surface area contributed by atoms with Crippen LogP contribution in [0, 0.1) is 23.7 Å². The van der Waals surface area contributed by atoms with Crippen molar-refractivity contribution in [2.75, 3.05) is 20.7 Å². The lowest BCUT2D eigenvalue weighted by Gasteiger charge is -2.47. The monoisotopic (exact) mass is 752 g/mol. The number of Topliss-reactive ketones (excluding diaryl/α,β-unsaturated/α-hetero) is 2. The minimum atomic E-state index is -1.32. The lowest BCUT2D eigenvalue weighted by molar-refractivity contribution is -0.296. The first-order valence-electron chi connectivity index (χ1n) is 19.1. The number of benzene rings is 1. The molecule has 54 heavy (non-hydrogen) atoms. The van der Waals surface area contributed by atoms with E-state index < -0.39 is 71.2 Å². The maximum Gasteiger partial charge on any atom is 0.316 e. The molecule has 5 unspecified atom stereocenters. The first-order chi connectivity index (χ1) is 25.4. The molecule has 0 bridgehead atoms. The third kappa shape index (κ3) is 10.00. The summed E-state index contributed by atoms with van der Waals surface area (Å²) < 4.78 is 31.0. The molecule has 1 N–H and O–H groups in total. The molecule has 3 heterocycles. The molecule has 2 aliphatic rings. The number of para-hydroxylation sites is 1. The number of aromatic nitrogens is 1. The van der Waals surface area contributed by atoms with E-state index in [9.17, 15) is 24.3 Å². The van der Waals surface area contributed by atoms with Gasteiger partial charge in [0.25, 0.3) is 6.47 Å². The number of likely N-dealkylation sites (N-methyl/N-ethyl adjacent to an activating group) is 1. The summed E-state index contributed by atoms with van der Waals surface area (Å²) in [6.45, 7) is 14.2. The van der Waals surface area contributed by atoms with Gasteiger partial charge >= 0.3 is 5.97 Å².